The third-order valence-electron chi connectivity index (χ3n) is 2.64. The summed E-state index contributed by atoms with van der Waals surface area (Å²) in [7, 11) is 0. The zero-order valence-corrected chi connectivity index (χ0v) is 15.1. The van der Waals surface area contributed by atoms with Gasteiger partial charge < -0.3 is 0 Å². The van der Waals surface area contributed by atoms with Crippen LogP contribution in [-0.2, 0) is 4.79 Å². The quantitative estimate of drug-likeness (QED) is 0.602. The highest BCUT2D eigenvalue weighted by Gasteiger charge is 2.18. The molecule has 0 spiro atoms. The van der Waals surface area contributed by atoms with E-state index in [4.69, 9.17) is 0 Å². The first-order valence-corrected chi connectivity index (χ1v) is 9.56. The van der Waals surface area contributed by atoms with Crippen molar-refractivity contribution < 1.29 is 9.59 Å². The Hall–Kier alpha value is -1.58. The van der Waals surface area contributed by atoms with Gasteiger partial charge in [-0.3, -0.25) is 20.4 Å². The Kier molecular flexibility index (Phi) is 6.87. The fourth-order valence-corrected chi connectivity index (χ4v) is 4.57. The summed E-state index contributed by atoms with van der Waals surface area (Å²) in [6.45, 7) is 3.80. The standard InChI is InChI=1S/C14H16N4O2S3/c1-3-21-13-17-18-14(23-13)22-9(2)11(19)15-16-12(20)10-7-5-4-6-8-10/h4-9H,3H2,1-2H3,(H,15,19)(H,16,20)/t9-/m0/s1. The largest absolute Gasteiger partial charge is 0.272 e. The van der Waals surface area contributed by atoms with Crippen LogP contribution in [0.5, 0.6) is 0 Å². The monoisotopic (exact) mass is 368 g/mol. The molecule has 0 aliphatic carbocycles. The molecule has 0 fully saturated rings. The summed E-state index contributed by atoms with van der Waals surface area (Å²) in [4.78, 5) is 23.9. The number of hydrazine groups is 1. The van der Waals surface area contributed by atoms with Crippen molar-refractivity contribution in [3.8, 4) is 0 Å². The molecule has 0 unspecified atom stereocenters. The highest BCUT2D eigenvalue weighted by atomic mass is 32.2. The fourth-order valence-electron chi connectivity index (χ4n) is 1.51. The second-order valence-corrected chi connectivity index (χ2v) is 8.41. The van der Waals surface area contributed by atoms with Crippen molar-refractivity contribution in [3.05, 3.63) is 35.9 Å². The van der Waals surface area contributed by atoms with Gasteiger partial charge in [0.25, 0.3) is 11.8 Å². The summed E-state index contributed by atoms with van der Waals surface area (Å²) in [6.07, 6.45) is 0. The highest BCUT2D eigenvalue weighted by molar-refractivity contribution is 8.03. The number of thioether (sulfide) groups is 2. The Morgan fingerprint density at radius 1 is 1.17 bits per heavy atom. The molecule has 2 amide bonds. The van der Waals surface area contributed by atoms with E-state index >= 15 is 0 Å². The number of hydrogen-bond donors (Lipinski definition) is 2. The summed E-state index contributed by atoms with van der Waals surface area (Å²) < 4.78 is 1.62. The number of aromatic nitrogens is 2. The van der Waals surface area contributed by atoms with Gasteiger partial charge in [0, 0.05) is 5.56 Å². The predicted octanol–water partition coefficient (Wildman–Crippen LogP) is 2.59. The van der Waals surface area contributed by atoms with Gasteiger partial charge in [-0.25, -0.2) is 0 Å². The van der Waals surface area contributed by atoms with E-state index in [0.29, 0.717) is 5.56 Å². The van der Waals surface area contributed by atoms with Crippen molar-refractivity contribution in [1.82, 2.24) is 21.0 Å². The molecule has 0 aliphatic rings. The smallest absolute Gasteiger partial charge is 0.269 e. The van der Waals surface area contributed by atoms with Gasteiger partial charge in [-0.2, -0.15) is 0 Å². The van der Waals surface area contributed by atoms with Gasteiger partial charge >= 0.3 is 0 Å². The van der Waals surface area contributed by atoms with E-state index in [2.05, 4.69) is 21.0 Å². The molecule has 0 bridgehead atoms. The molecule has 2 N–H and O–H groups in total. The number of rotatable bonds is 6. The number of hydrogen-bond acceptors (Lipinski definition) is 7. The molecule has 122 valence electrons. The molecular weight excluding hydrogens is 352 g/mol. The topological polar surface area (TPSA) is 84.0 Å². The second-order valence-electron chi connectivity index (χ2n) is 4.34. The van der Waals surface area contributed by atoms with E-state index in [0.717, 1.165) is 14.4 Å². The van der Waals surface area contributed by atoms with E-state index < -0.39 is 5.25 Å². The summed E-state index contributed by atoms with van der Waals surface area (Å²) in [5.74, 6) is 0.286. The van der Waals surface area contributed by atoms with Gasteiger partial charge in [-0.05, 0) is 24.8 Å². The molecule has 2 aromatic rings. The molecule has 6 nitrogen and oxygen atoms in total. The molecule has 0 aliphatic heterocycles. The van der Waals surface area contributed by atoms with Gasteiger partial charge in [-0.15, -0.1) is 10.2 Å². The van der Waals surface area contributed by atoms with Crippen LogP contribution in [0.15, 0.2) is 39.0 Å². The van der Waals surface area contributed by atoms with Crippen molar-refractivity contribution in [2.45, 2.75) is 27.8 Å². The average Bonchev–Trinajstić information content (AvgIpc) is 3.00. The van der Waals surface area contributed by atoms with Crippen LogP contribution in [0.1, 0.15) is 24.2 Å². The lowest BCUT2D eigenvalue weighted by atomic mass is 10.2. The number of nitrogens with zero attached hydrogens (tertiary/aromatic N) is 2. The number of benzene rings is 1. The van der Waals surface area contributed by atoms with Crippen LogP contribution in [0.25, 0.3) is 0 Å². The van der Waals surface area contributed by atoms with Crippen molar-refractivity contribution in [2.75, 3.05) is 5.75 Å². The normalized spacial score (nSPS) is 11.7. The minimum Gasteiger partial charge on any atom is -0.272 e. The molecule has 0 radical (unpaired) electrons. The SMILES string of the molecule is CCSc1nnc(S[C@@H](C)C(=O)NNC(=O)c2ccccc2)s1. The molecular formula is C14H16N4O2S3. The lowest BCUT2D eigenvalue weighted by Gasteiger charge is -2.11. The maximum Gasteiger partial charge on any atom is 0.269 e. The van der Waals surface area contributed by atoms with Crippen molar-refractivity contribution >= 4 is 46.7 Å². The Labute approximate surface area is 146 Å². The van der Waals surface area contributed by atoms with Crippen molar-refractivity contribution in [2.24, 2.45) is 0 Å². The van der Waals surface area contributed by atoms with E-state index in [-0.39, 0.29) is 11.8 Å². The average molecular weight is 369 g/mol. The molecule has 0 saturated carbocycles. The first-order valence-electron chi connectivity index (χ1n) is 6.88. The lowest BCUT2D eigenvalue weighted by molar-refractivity contribution is -0.121. The van der Waals surface area contributed by atoms with Gasteiger partial charge in [0.15, 0.2) is 8.68 Å². The maximum atomic E-state index is 12.0. The molecule has 23 heavy (non-hydrogen) atoms. The Balaban J connectivity index is 1.81. The highest BCUT2D eigenvalue weighted by Crippen LogP contribution is 2.30. The minimum absolute atomic E-state index is 0.292. The van der Waals surface area contributed by atoms with E-state index in [1.807, 2.05) is 13.0 Å². The molecule has 1 atom stereocenters. The van der Waals surface area contributed by atoms with Crippen LogP contribution < -0.4 is 10.9 Å². The Morgan fingerprint density at radius 3 is 2.57 bits per heavy atom. The zero-order chi connectivity index (χ0) is 16.7. The van der Waals surface area contributed by atoms with Gasteiger partial charge in [0.1, 0.15) is 0 Å². The second kappa shape index (κ2) is 8.90. The number of carbonyl (C=O) groups is 2. The number of carbonyl (C=O) groups excluding carboxylic acids is 2. The molecule has 1 aromatic heterocycles. The van der Waals surface area contributed by atoms with Gasteiger partial charge in [0.05, 0.1) is 5.25 Å². The van der Waals surface area contributed by atoms with Crippen LogP contribution >= 0.6 is 34.9 Å². The number of nitrogens with one attached hydrogen (secondary N) is 2. The Morgan fingerprint density at radius 2 is 1.87 bits per heavy atom. The first-order chi connectivity index (χ1) is 11.1. The van der Waals surface area contributed by atoms with Gasteiger partial charge in [-0.1, -0.05) is 60.0 Å². The van der Waals surface area contributed by atoms with Crippen molar-refractivity contribution in [3.63, 3.8) is 0 Å². The molecule has 2 rings (SSSR count). The van der Waals surface area contributed by atoms with Crippen LogP contribution in [0, 0.1) is 0 Å². The van der Waals surface area contributed by atoms with Gasteiger partial charge in [0.2, 0.25) is 0 Å². The zero-order valence-electron chi connectivity index (χ0n) is 12.6. The van der Waals surface area contributed by atoms with E-state index in [1.165, 1.54) is 23.1 Å². The van der Waals surface area contributed by atoms with Crippen LogP contribution in [0.2, 0.25) is 0 Å². The maximum absolute atomic E-state index is 12.0. The molecule has 1 aromatic carbocycles. The van der Waals surface area contributed by atoms with E-state index in [9.17, 15) is 9.59 Å². The summed E-state index contributed by atoms with van der Waals surface area (Å²) in [6, 6.07) is 8.69. The minimum atomic E-state index is -0.390. The van der Waals surface area contributed by atoms with Crippen LogP contribution in [0.4, 0.5) is 0 Å². The molecule has 9 heteroatoms. The third-order valence-corrected chi connectivity index (χ3v) is 5.76. The summed E-state index contributed by atoms with van der Waals surface area (Å²) in [5, 5.41) is 7.69. The van der Waals surface area contributed by atoms with Crippen LogP contribution in [-0.4, -0.2) is 33.0 Å². The third kappa shape index (κ3) is 5.52. The summed E-state index contributed by atoms with van der Waals surface area (Å²) in [5.41, 5.74) is 5.31. The fraction of sp³-hybridized carbons (Fsp3) is 0.286. The first kappa shape index (κ1) is 17.8. The van der Waals surface area contributed by atoms with E-state index in [1.54, 1.807) is 43.0 Å². The predicted molar refractivity (Wildman–Crippen MR) is 93.7 cm³/mol. The molecule has 0 saturated heterocycles. The Bertz CT molecular complexity index is 663. The summed E-state index contributed by atoms with van der Waals surface area (Å²) >= 11 is 4.39. The molecule has 1 heterocycles. The number of amides is 2. The lowest BCUT2D eigenvalue weighted by Crippen LogP contribution is -2.44. The van der Waals surface area contributed by atoms with Crippen molar-refractivity contribution in [1.29, 1.82) is 0 Å². The van der Waals surface area contributed by atoms with Crippen LogP contribution in [0.3, 0.4) is 0 Å².